The highest BCUT2D eigenvalue weighted by Crippen LogP contribution is 2.24. The van der Waals surface area contributed by atoms with Crippen LogP contribution in [0.15, 0.2) is 24.3 Å². The molecule has 1 saturated heterocycles. The molecule has 0 radical (unpaired) electrons. The lowest BCUT2D eigenvalue weighted by atomic mass is 10.2. The van der Waals surface area contributed by atoms with Gasteiger partial charge in [0.1, 0.15) is 11.9 Å². The summed E-state index contributed by atoms with van der Waals surface area (Å²) in [5, 5.41) is 17.7. The fraction of sp³-hybridized carbons (Fsp3) is 0.690. The number of nitrogens with zero attached hydrogens (tertiary/aromatic N) is 1. The molecule has 0 saturated carbocycles. The van der Waals surface area contributed by atoms with Crippen molar-refractivity contribution in [3.8, 4) is 5.75 Å². The molecule has 0 aromatic heterocycles. The number of nitrogens with one attached hydrogen (secondary N) is 1. The molecular weight excluding hydrogens is 520 g/mol. The molecule has 3 N–H and O–H groups in total. The summed E-state index contributed by atoms with van der Waals surface area (Å²) >= 11 is 0. The van der Waals surface area contributed by atoms with Crippen LogP contribution < -0.4 is 10.1 Å². The van der Waals surface area contributed by atoms with Crippen molar-refractivity contribution in [3.05, 3.63) is 24.3 Å². The van der Waals surface area contributed by atoms with E-state index >= 15 is 0 Å². The third kappa shape index (κ3) is 17.6. The van der Waals surface area contributed by atoms with Crippen LogP contribution in [-0.4, -0.2) is 91.9 Å². The van der Waals surface area contributed by atoms with Crippen LogP contribution in [0.3, 0.4) is 0 Å². The second-order valence-electron chi connectivity index (χ2n) is 9.51. The number of unbranched alkanes of at least 4 members (excludes halogenated alkanes) is 4. The van der Waals surface area contributed by atoms with Crippen LogP contribution in [0, 0.1) is 0 Å². The van der Waals surface area contributed by atoms with Crippen molar-refractivity contribution in [2.75, 3.05) is 58.0 Å². The van der Waals surface area contributed by atoms with Crippen LogP contribution in [0.25, 0.3) is 0 Å². The van der Waals surface area contributed by atoms with Gasteiger partial charge in [0.05, 0.1) is 32.1 Å². The van der Waals surface area contributed by atoms with Gasteiger partial charge in [-0.05, 0) is 51.4 Å². The number of carboxylic acid groups (broad SMARTS) is 2. The average molecular weight is 569 g/mol. The molecule has 40 heavy (non-hydrogen) atoms. The molecule has 1 aliphatic heterocycles. The van der Waals surface area contributed by atoms with E-state index in [1.165, 1.54) is 44.9 Å². The number of para-hydroxylation sites is 2. The monoisotopic (exact) mass is 568 g/mol. The van der Waals surface area contributed by atoms with Crippen LogP contribution in [0.2, 0.25) is 0 Å². The number of rotatable bonds is 17. The number of benzene rings is 1. The topological polar surface area (TPSA) is 144 Å². The van der Waals surface area contributed by atoms with Gasteiger partial charge in [0.15, 0.2) is 0 Å². The average Bonchev–Trinajstić information content (AvgIpc) is 3.20. The van der Waals surface area contributed by atoms with E-state index in [2.05, 4.69) is 17.1 Å². The highest BCUT2D eigenvalue weighted by Gasteiger charge is 2.21. The number of carbonyl (C=O) groups excluding carboxylic acids is 1. The molecule has 1 aliphatic rings. The Hall–Kier alpha value is -2.89. The van der Waals surface area contributed by atoms with Gasteiger partial charge in [0.2, 0.25) is 0 Å². The summed E-state index contributed by atoms with van der Waals surface area (Å²) in [4.78, 5) is 33.4. The summed E-state index contributed by atoms with van der Waals surface area (Å²) in [5.74, 6) is -2.98. The molecule has 1 aromatic rings. The van der Waals surface area contributed by atoms with E-state index in [4.69, 9.17) is 38.7 Å². The minimum atomic E-state index is -1.82. The predicted octanol–water partition coefficient (Wildman–Crippen LogP) is 5.04. The lowest BCUT2D eigenvalue weighted by molar-refractivity contribution is -0.159. The van der Waals surface area contributed by atoms with Gasteiger partial charge in [-0.2, -0.15) is 0 Å². The predicted molar refractivity (Wildman–Crippen MR) is 152 cm³/mol. The fourth-order valence-electron chi connectivity index (χ4n) is 4.08. The minimum absolute atomic E-state index is 0.341. The van der Waals surface area contributed by atoms with Crippen molar-refractivity contribution in [3.63, 3.8) is 0 Å². The van der Waals surface area contributed by atoms with E-state index < -0.39 is 18.0 Å². The largest absolute Gasteiger partial charge is 0.491 e. The van der Waals surface area contributed by atoms with Crippen molar-refractivity contribution in [1.29, 1.82) is 0 Å². The van der Waals surface area contributed by atoms with E-state index in [9.17, 15) is 4.79 Å². The Balaban J connectivity index is 0.00000120. The summed E-state index contributed by atoms with van der Waals surface area (Å²) < 4.78 is 22.9. The second-order valence-corrected chi connectivity index (χ2v) is 9.51. The Labute approximate surface area is 238 Å². The number of ether oxygens (including phenoxy) is 4. The maximum Gasteiger partial charge on any atom is 0.414 e. The molecule has 0 bridgehead atoms. The third-order valence-corrected chi connectivity index (χ3v) is 6.13. The van der Waals surface area contributed by atoms with Crippen LogP contribution >= 0.6 is 0 Å². The van der Waals surface area contributed by atoms with Crippen LogP contribution in [0.4, 0.5) is 10.5 Å². The zero-order chi connectivity index (χ0) is 29.4. The molecule has 1 aromatic carbocycles. The number of hydrogen-bond acceptors (Lipinski definition) is 8. The maximum absolute atomic E-state index is 12.8. The molecule has 1 fully saturated rings. The van der Waals surface area contributed by atoms with Gasteiger partial charge < -0.3 is 29.2 Å². The van der Waals surface area contributed by atoms with Crippen molar-refractivity contribution >= 4 is 23.7 Å². The number of aliphatic carboxylic acids is 2. The quantitative estimate of drug-likeness (QED) is 0.173. The number of hydrogen-bond donors (Lipinski definition) is 3. The van der Waals surface area contributed by atoms with E-state index in [0.717, 1.165) is 25.9 Å². The van der Waals surface area contributed by atoms with Crippen molar-refractivity contribution in [1.82, 2.24) is 4.90 Å². The Morgan fingerprint density at radius 3 is 2.17 bits per heavy atom. The molecular formula is C29H48N2O9. The standard InChI is InChI=1S/C27H46N2O5.C2H2O4/c1-3-5-6-9-14-19-33-26-16-11-10-15-25(26)28-27(30)34-24(23-32-21-20-31-4-2)22-29-17-12-7-8-13-18-29;3-1(4)2(5)6/h10-11,15-16,24H,3-9,12-14,17-23H2,1-2H3,(H,28,30);(H,3,4)(H,5,6). The Bertz CT molecular complexity index is 817. The van der Waals surface area contributed by atoms with Crippen molar-refractivity contribution in [2.45, 2.75) is 77.7 Å². The second kappa shape index (κ2) is 22.9. The molecule has 2 rings (SSSR count). The zero-order valence-electron chi connectivity index (χ0n) is 24.1. The lowest BCUT2D eigenvalue weighted by Gasteiger charge is -2.26. The summed E-state index contributed by atoms with van der Waals surface area (Å²) in [5.41, 5.74) is 0.631. The lowest BCUT2D eigenvalue weighted by Crippen LogP contribution is -2.39. The number of amides is 1. The summed E-state index contributed by atoms with van der Waals surface area (Å²) in [7, 11) is 0. The molecule has 1 heterocycles. The van der Waals surface area contributed by atoms with Gasteiger partial charge in [-0.1, -0.05) is 57.6 Å². The number of likely N-dealkylation sites (tertiary alicyclic amines) is 1. The van der Waals surface area contributed by atoms with Crippen molar-refractivity contribution in [2.24, 2.45) is 0 Å². The minimum Gasteiger partial charge on any atom is -0.491 e. The molecule has 11 heteroatoms. The number of carbonyl (C=O) groups is 3. The molecule has 1 amide bonds. The van der Waals surface area contributed by atoms with E-state index in [0.29, 0.717) is 51.0 Å². The third-order valence-electron chi connectivity index (χ3n) is 6.13. The molecule has 0 aliphatic carbocycles. The SMILES string of the molecule is CCCCCCCOc1ccccc1NC(=O)OC(COCCOCC)CN1CCCCCC1.O=C(O)C(=O)O. The fourth-order valence-corrected chi connectivity index (χ4v) is 4.08. The first kappa shape index (κ1) is 35.1. The van der Waals surface area contributed by atoms with Gasteiger partial charge in [-0.15, -0.1) is 0 Å². The van der Waals surface area contributed by atoms with E-state index in [-0.39, 0.29) is 6.10 Å². The first-order chi connectivity index (χ1) is 19.4. The highest BCUT2D eigenvalue weighted by atomic mass is 16.6. The van der Waals surface area contributed by atoms with Crippen molar-refractivity contribution < 1.29 is 43.5 Å². The zero-order valence-corrected chi connectivity index (χ0v) is 24.1. The Morgan fingerprint density at radius 2 is 1.52 bits per heavy atom. The summed E-state index contributed by atoms with van der Waals surface area (Å²) in [6.07, 6.45) is 9.98. The molecule has 1 atom stereocenters. The number of anilines is 1. The normalized spacial score (nSPS) is 14.2. The van der Waals surface area contributed by atoms with Gasteiger partial charge >= 0.3 is 18.0 Å². The first-order valence-electron chi connectivity index (χ1n) is 14.4. The number of carboxylic acids is 2. The Kier molecular flexibility index (Phi) is 20.1. The van der Waals surface area contributed by atoms with Gasteiger partial charge in [-0.25, -0.2) is 14.4 Å². The van der Waals surface area contributed by atoms with Gasteiger partial charge in [-0.3, -0.25) is 10.2 Å². The summed E-state index contributed by atoms with van der Waals surface area (Å²) in [6.45, 7) is 9.62. The Morgan fingerprint density at radius 1 is 0.875 bits per heavy atom. The van der Waals surface area contributed by atoms with Crippen LogP contribution in [-0.2, 0) is 23.8 Å². The molecule has 11 nitrogen and oxygen atoms in total. The van der Waals surface area contributed by atoms with E-state index in [1.807, 2.05) is 31.2 Å². The molecule has 228 valence electrons. The first-order valence-corrected chi connectivity index (χ1v) is 14.4. The molecule has 1 unspecified atom stereocenters. The van der Waals surface area contributed by atoms with Crippen LogP contribution in [0.5, 0.6) is 5.75 Å². The summed E-state index contributed by atoms with van der Waals surface area (Å²) in [6, 6.07) is 7.52. The smallest absolute Gasteiger partial charge is 0.414 e. The van der Waals surface area contributed by atoms with E-state index in [1.54, 1.807) is 0 Å². The van der Waals surface area contributed by atoms with Gasteiger partial charge in [0.25, 0.3) is 0 Å². The molecule has 0 spiro atoms. The maximum atomic E-state index is 12.8. The van der Waals surface area contributed by atoms with Crippen LogP contribution in [0.1, 0.15) is 71.6 Å². The highest BCUT2D eigenvalue weighted by molar-refractivity contribution is 6.27. The van der Waals surface area contributed by atoms with Gasteiger partial charge in [0, 0.05) is 13.2 Å².